The Morgan fingerprint density at radius 1 is 1.13 bits per heavy atom. The van der Waals surface area contributed by atoms with Gasteiger partial charge in [-0.2, -0.15) is 11.3 Å². The average Bonchev–Trinajstić information content (AvgIpc) is 2.82. The summed E-state index contributed by atoms with van der Waals surface area (Å²) in [6.45, 7) is 0. The van der Waals surface area contributed by atoms with Gasteiger partial charge in [0.2, 0.25) is 0 Å². The highest BCUT2D eigenvalue weighted by atomic mass is 32.1. The maximum absolute atomic E-state index is 3.47. The summed E-state index contributed by atoms with van der Waals surface area (Å²) in [6.07, 6.45) is 7.05. The van der Waals surface area contributed by atoms with Crippen LogP contribution in [0.25, 0.3) is 11.1 Å². The monoisotopic (exact) mass is 212 g/mol. The molecule has 1 aromatic carbocycles. The minimum absolute atomic E-state index is 1.11. The molecule has 1 heterocycles. The van der Waals surface area contributed by atoms with Crippen LogP contribution in [-0.4, -0.2) is 0 Å². The fraction of sp³-hybridized carbons (Fsp3) is 0.214. The van der Waals surface area contributed by atoms with Gasteiger partial charge in [0.25, 0.3) is 0 Å². The van der Waals surface area contributed by atoms with Gasteiger partial charge in [-0.25, -0.2) is 0 Å². The van der Waals surface area contributed by atoms with Crippen molar-refractivity contribution in [3.63, 3.8) is 0 Å². The van der Waals surface area contributed by atoms with Gasteiger partial charge in [-0.1, -0.05) is 18.2 Å². The molecule has 1 aliphatic rings. The molecular weight excluding hydrogens is 200 g/mol. The van der Waals surface area contributed by atoms with Crippen molar-refractivity contribution in [1.29, 1.82) is 0 Å². The Bertz CT molecular complexity index is 454. The molecule has 0 saturated carbocycles. The van der Waals surface area contributed by atoms with Crippen molar-refractivity contribution in [2.75, 3.05) is 0 Å². The lowest BCUT2D eigenvalue weighted by atomic mass is 9.89. The Balaban J connectivity index is 2.04. The van der Waals surface area contributed by atoms with Crippen molar-refractivity contribution in [1.82, 2.24) is 0 Å². The SMILES string of the molecule is [C]1CCCc2ccc(-c3ccsc3)cc21. The van der Waals surface area contributed by atoms with E-state index in [0.717, 1.165) is 6.42 Å². The molecule has 0 fully saturated rings. The Morgan fingerprint density at radius 3 is 3.00 bits per heavy atom. The van der Waals surface area contributed by atoms with Crippen LogP contribution in [0.1, 0.15) is 24.0 Å². The van der Waals surface area contributed by atoms with E-state index in [-0.39, 0.29) is 0 Å². The Kier molecular flexibility index (Phi) is 2.34. The summed E-state index contributed by atoms with van der Waals surface area (Å²) in [4.78, 5) is 0. The number of benzene rings is 1. The first kappa shape index (κ1) is 9.17. The molecule has 0 nitrogen and oxygen atoms in total. The molecule has 2 aromatic rings. The third-order valence-electron chi connectivity index (χ3n) is 2.90. The fourth-order valence-corrected chi connectivity index (χ4v) is 2.73. The first-order chi connectivity index (χ1) is 7.43. The second-order valence-corrected chi connectivity index (χ2v) is 4.69. The second-order valence-electron chi connectivity index (χ2n) is 3.91. The summed E-state index contributed by atoms with van der Waals surface area (Å²) in [7, 11) is 0. The Labute approximate surface area is 94.6 Å². The highest BCUT2D eigenvalue weighted by Gasteiger charge is 2.10. The molecule has 0 spiro atoms. The number of hydrogen-bond donors (Lipinski definition) is 0. The molecule has 0 bridgehead atoms. The molecular formula is C14H12S. The van der Waals surface area contributed by atoms with Gasteiger partial charge in [-0.15, -0.1) is 0 Å². The lowest BCUT2D eigenvalue weighted by Gasteiger charge is -2.15. The summed E-state index contributed by atoms with van der Waals surface area (Å²) in [5.41, 5.74) is 5.43. The zero-order valence-electron chi connectivity index (χ0n) is 8.49. The second kappa shape index (κ2) is 3.82. The number of fused-ring (bicyclic) bond motifs is 1. The summed E-state index contributed by atoms with van der Waals surface area (Å²) in [6, 6.07) is 8.94. The zero-order valence-corrected chi connectivity index (χ0v) is 9.31. The molecule has 15 heavy (non-hydrogen) atoms. The van der Waals surface area contributed by atoms with Gasteiger partial charge in [-0.3, -0.25) is 0 Å². The lowest BCUT2D eigenvalue weighted by Crippen LogP contribution is -2.00. The molecule has 2 radical (unpaired) electrons. The third kappa shape index (κ3) is 1.72. The summed E-state index contributed by atoms with van der Waals surface area (Å²) < 4.78 is 0. The molecule has 1 aromatic heterocycles. The van der Waals surface area contributed by atoms with Crippen molar-refractivity contribution in [2.45, 2.75) is 19.3 Å². The van der Waals surface area contributed by atoms with Crippen molar-refractivity contribution >= 4 is 11.3 Å². The zero-order chi connectivity index (χ0) is 10.1. The van der Waals surface area contributed by atoms with Crippen molar-refractivity contribution in [2.24, 2.45) is 0 Å². The predicted octanol–water partition coefficient (Wildman–Crippen LogP) is 4.18. The molecule has 0 amide bonds. The van der Waals surface area contributed by atoms with Crippen LogP contribution < -0.4 is 0 Å². The van der Waals surface area contributed by atoms with Crippen LogP contribution in [0, 0.1) is 6.42 Å². The van der Waals surface area contributed by atoms with Gasteiger partial charge in [0.15, 0.2) is 0 Å². The van der Waals surface area contributed by atoms with Gasteiger partial charge in [0.05, 0.1) is 0 Å². The minimum atomic E-state index is 1.11. The van der Waals surface area contributed by atoms with Crippen LogP contribution in [0.2, 0.25) is 0 Å². The summed E-state index contributed by atoms with van der Waals surface area (Å²) in [5.74, 6) is 0. The van der Waals surface area contributed by atoms with E-state index in [0.29, 0.717) is 0 Å². The Hall–Kier alpha value is -1.08. The summed E-state index contributed by atoms with van der Waals surface area (Å²) in [5, 5.41) is 4.33. The number of rotatable bonds is 1. The topological polar surface area (TPSA) is 0 Å². The van der Waals surface area contributed by atoms with E-state index in [1.165, 1.54) is 35.1 Å². The van der Waals surface area contributed by atoms with Crippen LogP contribution in [0.15, 0.2) is 35.0 Å². The molecule has 74 valence electrons. The van der Waals surface area contributed by atoms with Gasteiger partial charge in [-0.05, 0) is 58.3 Å². The maximum atomic E-state index is 3.47. The minimum Gasteiger partial charge on any atom is -0.152 e. The van der Waals surface area contributed by atoms with Gasteiger partial charge in [0, 0.05) is 6.42 Å². The smallest absolute Gasteiger partial charge is 0.0168 e. The van der Waals surface area contributed by atoms with E-state index in [2.05, 4.69) is 41.4 Å². The standard InChI is InChI=1S/C14H12S/c1-2-4-12-9-13(6-5-11(12)3-1)14-7-8-15-10-14/h5-10H,1-3H2. The van der Waals surface area contributed by atoms with E-state index in [1.54, 1.807) is 11.3 Å². The fourth-order valence-electron chi connectivity index (χ4n) is 2.07. The van der Waals surface area contributed by atoms with E-state index in [4.69, 9.17) is 0 Å². The van der Waals surface area contributed by atoms with Crippen LogP contribution >= 0.6 is 11.3 Å². The normalized spacial score (nSPS) is 14.9. The molecule has 0 aliphatic heterocycles. The van der Waals surface area contributed by atoms with E-state index in [1.807, 2.05) is 0 Å². The average molecular weight is 212 g/mol. The number of aryl methyl sites for hydroxylation is 1. The molecule has 0 saturated heterocycles. The van der Waals surface area contributed by atoms with Crippen molar-refractivity contribution in [3.8, 4) is 11.1 Å². The van der Waals surface area contributed by atoms with Crippen molar-refractivity contribution < 1.29 is 0 Å². The number of hydrogen-bond acceptors (Lipinski definition) is 1. The molecule has 0 unspecified atom stereocenters. The summed E-state index contributed by atoms with van der Waals surface area (Å²) >= 11 is 1.75. The third-order valence-corrected chi connectivity index (χ3v) is 3.59. The van der Waals surface area contributed by atoms with Gasteiger partial charge in [0.1, 0.15) is 0 Å². The van der Waals surface area contributed by atoms with Crippen LogP contribution in [0.5, 0.6) is 0 Å². The van der Waals surface area contributed by atoms with Gasteiger partial charge < -0.3 is 0 Å². The molecule has 0 N–H and O–H groups in total. The largest absolute Gasteiger partial charge is 0.152 e. The number of thiophene rings is 1. The van der Waals surface area contributed by atoms with Crippen LogP contribution in [0.3, 0.4) is 0 Å². The predicted molar refractivity (Wildman–Crippen MR) is 65.0 cm³/mol. The van der Waals surface area contributed by atoms with Gasteiger partial charge >= 0.3 is 0 Å². The highest BCUT2D eigenvalue weighted by molar-refractivity contribution is 7.08. The molecule has 3 rings (SSSR count). The van der Waals surface area contributed by atoms with Crippen LogP contribution in [-0.2, 0) is 6.42 Å². The first-order valence-corrected chi connectivity index (χ1v) is 6.27. The van der Waals surface area contributed by atoms with E-state index in [9.17, 15) is 0 Å². The lowest BCUT2D eigenvalue weighted by molar-refractivity contribution is 0.775. The Morgan fingerprint density at radius 2 is 2.13 bits per heavy atom. The molecule has 1 aliphatic carbocycles. The van der Waals surface area contributed by atoms with E-state index < -0.39 is 0 Å². The van der Waals surface area contributed by atoms with Crippen molar-refractivity contribution in [3.05, 3.63) is 52.6 Å². The first-order valence-electron chi connectivity index (χ1n) is 5.33. The quantitative estimate of drug-likeness (QED) is 0.665. The maximum Gasteiger partial charge on any atom is 0.0168 e. The molecule has 0 atom stereocenters. The molecule has 1 heteroatoms. The van der Waals surface area contributed by atoms with E-state index >= 15 is 0 Å². The highest BCUT2D eigenvalue weighted by Crippen LogP contribution is 2.29. The van der Waals surface area contributed by atoms with Crippen LogP contribution in [0.4, 0.5) is 0 Å².